The summed E-state index contributed by atoms with van der Waals surface area (Å²) < 4.78 is 12.1. The van der Waals surface area contributed by atoms with Gasteiger partial charge in [0.15, 0.2) is 0 Å². The van der Waals surface area contributed by atoms with Crippen LogP contribution >= 0.6 is 11.6 Å². The number of aromatic nitrogens is 2. The molecule has 3 rings (SSSR count). The number of carbonyl (C=O) groups excluding carboxylic acids is 1. The number of rotatable bonds is 5. The molecule has 1 amide bonds. The first kappa shape index (κ1) is 17.8. The van der Waals surface area contributed by atoms with Gasteiger partial charge in [-0.05, 0) is 43.3 Å². The van der Waals surface area contributed by atoms with E-state index >= 15 is 0 Å². The molecule has 0 bridgehead atoms. The topological polar surface area (TPSA) is 65.4 Å². The van der Waals surface area contributed by atoms with Crippen molar-refractivity contribution in [2.75, 3.05) is 19.5 Å². The molecule has 0 fully saturated rings. The molecule has 1 heterocycles. The Kier molecular flexibility index (Phi) is 5.14. The predicted molar refractivity (Wildman–Crippen MR) is 101 cm³/mol. The van der Waals surface area contributed by atoms with Gasteiger partial charge >= 0.3 is 0 Å². The van der Waals surface area contributed by atoms with Gasteiger partial charge in [0.25, 0.3) is 5.91 Å². The predicted octanol–water partition coefficient (Wildman–Crippen LogP) is 4.10. The third-order valence-corrected chi connectivity index (χ3v) is 4.01. The van der Waals surface area contributed by atoms with Crippen molar-refractivity contribution in [2.45, 2.75) is 6.92 Å². The van der Waals surface area contributed by atoms with Crippen molar-refractivity contribution in [1.82, 2.24) is 9.78 Å². The van der Waals surface area contributed by atoms with Crippen LogP contribution in [0.4, 0.5) is 5.82 Å². The Hall–Kier alpha value is -2.99. The van der Waals surface area contributed by atoms with E-state index in [2.05, 4.69) is 10.4 Å². The van der Waals surface area contributed by atoms with E-state index in [4.69, 9.17) is 21.1 Å². The summed E-state index contributed by atoms with van der Waals surface area (Å²) >= 11 is 6.07. The molecule has 1 N–H and O–H groups in total. The summed E-state index contributed by atoms with van der Waals surface area (Å²) in [7, 11) is 3.06. The first-order valence-corrected chi connectivity index (χ1v) is 8.25. The van der Waals surface area contributed by atoms with Crippen molar-refractivity contribution in [1.29, 1.82) is 0 Å². The van der Waals surface area contributed by atoms with E-state index in [1.807, 2.05) is 19.1 Å². The molecule has 0 saturated carbocycles. The smallest absolute Gasteiger partial charge is 0.260 e. The number of benzene rings is 2. The molecule has 0 spiro atoms. The summed E-state index contributed by atoms with van der Waals surface area (Å²) in [4.78, 5) is 12.8. The number of hydrogen-bond donors (Lipinski definition) is 1. The number of carbonyl (C=O) groups is 1. The number of nitrogens with one attached hydrogen (secondary N) is 1. The SMILES string of the molecule is COc1ccc(OC)c(C(=O)Nc2cc(C)nn2-c2cccc(Cl)c2)c1. The van der Waals surface area contributed by atoms with Crippen LogP contribution in [0.5, 0.6) is 11.5 Å². The molecule has 2 aromatic carbocycles. The van der Waals surface area contributed by atoms with Gasteiger partial charge in [0.2, 0.25) is 0 Å². The van der Waals surface area contributed by atoms with E-state index in [0.29, 0.717) is 27.9 Å². The Bertz CT molecular complexity index is 953. The van der Waals surface area contributed by atoms with E-state index in [1.54, 1.807) is 48.2 Å². The maximum absolute atomic E-state index is 12.8. The number of halogens is 1. The van der Waals surface area contributed by atoms with Crippen molar-refractivity contribution < 1.29 is 14.3 Å². The standard InChI is InChI=1S/C19H18ClN3O3/c1-12-9-18(23(22-12)14-6-4-5-13(20)10-14)21-19(24)16-11-15(25-2)7-8-17(16)26-3/h4-11H,1-3H3,(H,21,24). The van der Waals surface area contributed by atoms with Gasteiger partial charge in [0, 0.05) is 11.1 Å². The van der Waals surface area contributed by atoms with Crippen LogP contribution in [0.25, 0.3) is 5.69 Å². The van der Waals surface area contributed by atoms with Gasteiger partial charge in [-0.25, -0.2) is 4.68 Å². The Morgan fingerprint density at radius 2 is 1.92 bits per heavy atom. The zero-order valence-corrected chi connectivity index (χ0v) is 15.4. The first-order chi connectivity index (χ1) is 12.5. The molecule has 0 atom stereocenters. The van der Waals surface area contributed by atoms with Gasteiger partial charge in [0.1, 0.15) is 17.3 Å². The lowest BCUT2D eigenvalue weighted by Gasteiger charge is -2.12. The lowest BCUT2D eigenvalue weighted by molar-refractivity contribution is 0.102. The first-order valence-electron chi connectivity index (χ1n) is 7.88. The van der Waals surface area contributed by atoms with Crippen molar-refractivity contribution in [2.24, 2.45) is 0 Å². The molecule has 0 aliphatic carbocycles. The third-order valence-electron chi connectivity index (χ3n) is 3.78. The van der Waals surface area contributed by atoms with Crippen LogP contribution in [0, 0.1) is 6.92 Å². The van der Waals surface area contributed by atoms with Crippen LogP contribution in [0.1, 0.15) is 16.1 Å². The zero-order valence-electron chi connectivity index (χ0n) is 14.6. The molecule has 0 aliphatic heterocycles. The van der Waals surface area contributed by atoms with Crippen LogP contribution < -0.4 is 14.8 Å². The van der Waals surface area contributed by atoms with Crippen LogP contribution in [-0.2, 0) is 0 Å². The molecule has 0 unspecified atom stereocenters. The fourth-order valence-electron chi connectivity index (χ4n) is 2.57. The van der Waals surface area contributed by atoms with Gasteiger partial charge in [0.05, 0.1) is 31.2 Å². The van der Waals surface area contributed by atoms with Gasteiger partial charge in [-0.1, -0.05) is 17.7 Å². The Balaban J connectivity index is 1.96. The van der Waals surface area contributed by atoms with Crippen molar-refractivity contribution in [3.63, 3.8) is 0 Å². The fraction of sp³-hybridized carbons (Fsp3) is 0.158. The molecule has 26 heavy (non-hydrogen) atoms. The molecule has 6 nitrogen and oxygen atoms in total. The maximum atomic E-state index is 12.8. The summed E-state index contributed by atoms with van der Waals surface area (Å²) in [5, 5.41) is 7.89. The third kappa shape index (κ3) is 3.65. The number of nitrogens with zero attached hydrogens (tertiary/aromatic N) is 2. The monoisotopic (exact) mass is 371 g/mol. The number of ether oxygens (including phenoxy) is 2. The largest absolute Gasteiger partial charge is 0.497 e. The Morgan fingerprint density at radius 3 is 2.62 bits per heavy atom. The summed E-state index contributed by atoms with van der Waals surface area (Å²) in [5.41, 5.74) is 1.87. The molecule has 134 valence electrons. The van der Waals surface area contributed by atoms with Gasteiger partial charge in [-0.15, -0.1) is 0 Å². The number of hydrogen-bond acceptors (Lipinski definition) is 4. The van der Waals surface area contributed by atoms with E-state index in [0.717, 1.165) is 11.4 Å². The zero-order chi connectivity index (χ0) is 18.7. The highest BCUT2D eigenvalue weighted by atomic mass is 35.5. The summed E-state index contributed by atoms with van der Waals surface area (Å²) in [6.45, 7) is 1.85. The second-order valence-electron chi connectivity index (χ2n) is 5.58. The van der Waals surface area contributed by atoms with Crippen LogP contribution in [-0.4, -0.2) is 29.9 Å². The minimum absolute atomic E-state index is 0.330. The highest BCUT2D eigenvalue weighted by molar-refractivity contribution is 6.30. The summed E-state index contributed by atoms with van der Waals surface area (Å²) in [6.07, 6.45) is 0. The Labute approximate surface area is 156 Å². The van der Waals surface area contributed by atoms with Crippen molar-refractivity contribution in [3.8, 4) is 17.2 Å². The van der Waals surface area contributed by atoms with Crippen LogP contribution in [0.2, 0.25) is 5.02 Å². The number of methoxy groups -OCH3 is 2. The molecule has 3 aromatic rings. The summed E-state index contributed by atoms with van der Waals surface area (Å²) in [6, 6.07) is 14.1. The normalized spacial score (nSPS) is 10.5. The summed E-state index contributed by atoms with van der Waals surface area (Å²) in [5.74, 6) is 1.22. The molecular formula is C19H18ClN3O3. The lowest BCUT2D eigenvalue weighted by atomic mass is 10.1. The fourth-order valence-corrected chi connectivity index (χ4v) is 2.75. The molecule has 1 aromatic heterocycles. The second kappa shape index (κ2) is 7.49. The minimum Gasteiger partial charge on any atom is -0.497 e. The van der Waals surface area contributed by atoms with Crippen LogP contribution in [0.15, 0.2) is 48.5 Å². The molecule has 0 aliphatic rings. The second-order valence-corrected chi connectivity index (χ2v) is 6.02. The number of anilines is 1. The minimum atomic E-state index is -0.330. The molecule has 0 saturated heterocycles. The average molecular weight is 372 g/mol. The van der Waals surface area contributed by atoms with Crippen molar-refractivity contribution >= 4 is 23.3 Å². The van der Waals surface area contributed by atoms with Gasteiger partial charge in [-0.3, -0.25) is 4.79 Å². The average Bonchev–Trinajstić information content (AvgIpc) is 3.01. The van der Waals surface area contributed by atoms with E-state index in [9.17, 15) is 4.79 Å². The molecular weight excluding hydrogens is 354 g/mol. The van der Waals surface area contributed by atoms with E-state index < -0.39 is 0 Å². The number of aryl methyl sites for hydroxylation is 1. The maximum Gasteiger partial charge on any atom is 0.260 e. The molecule has 7 heteroatoms. The quantitative estimate of drug-likeness (QED) is 0.733. The van der Waals surface area contributed by atoms with Crippen molar-refractivity contribution in [3.05, 3.63) is 64.8 Å². The highest BCUT2D eigenvalue weighted by Gasteiger charge is 2.17. The highest BCUT2D eigenvalue weighted by Crippen LogP contribution is 2.26. The van der Waals surface area contributed by atoms with Gasteiger partial charge < -0.3 is 14.8 Å². The lowest BCUT2D eigenvalue weighted by Crippen LogP contribution is -2.16. The van der Waals surface area contributed by atoms with Crippen LogP contribution in [0.3, 0.4) is 0 Å². The number of amides is 1. The van der Waals surface area contributed by atoms with E-state index in [-0.39, 0.29) is 5.91 Å². The Morgan fingerprint density at radius 1 is 1.12 bits per heavy atom. The molecule has 0 radical (unpaired) electrons. The van der Waals surface area contributed by atoms with E-state index in [1.165, 1.54) is 7.11 Å². The van der Waals surface area contributed by atoms with Gasteiger partial charge in [-0.2, -0.15) is 5.10 Å².